The fourth-order valence-electron chi connectivity index (χ4n) is 1.94. The van der Waals surface area contributed by atoms with Crippen LogP contribution in [0.2, 0.25) is 0 Å². The largest absolute Gasteiger partial charge is 0.375 e. The zero-order valence-corrected chi connectivity index (χ0v) is 10.9. The van der Waals surface area contributed by atoms with Crippen LogP contribution in [0.4, 0.5) is 5.00 Å². The number of anilines is 1. The molecule has 2 aromatic heterocycles. The van der Waals surface area contributed by atoms with Gasteiger partial charge in [0.25, 0.3) is 0 Å². The number of imidazole rings is 1. The molecule has 0 radical (unpaired) electrons. The third kappa shape index (κ3) is 2.09. The van der Waals surface area contributed by atoms with Crippen LogP contribution in [0.5, 0.6) is 0 Å². The normalized spacial score (nSPS) is 10.9. The Labute approximate surface area is 109 Å². The standard InChI is InChI=1S/C13H14N4S/c1-17-9-8-14-12(17)6-7-15-13-10-4-2-3-5-11(10)16-18-13/h2-5,8-9,15H,6-7H2,1H3. The molecular formula is C13H14N4S. The van der Waals surface area contributed by atoms with Crippen LogP contribution in [0.1, 0.15) is 5.82 Å². The van der Waals surface area contributed by atoms with E-state index in [4.69, 9.17) is 0 Å². The Bertz CT molecular complexity index is 656. The van der Waals surface area contributed by atoms with Crippen LogP contribution in [0.15, 0.2) is 36.7 Å². The van der Waals surface area contributed by atoms with Gasteiger partial charge < -0.3 is 9.88 Å². The van der Waals surface area contributed by atoms with Gasteiger partial charge in [0.1, 0.15) is 10.8 Å². The maximum Gasteiger partial charge on any atom is 0.117 e. The van der Waals surface area contributed by atoms with Crippen molar-refractivity contribution in [2.24, 2.45) is 7.05 Å². The molecule has 5 heteroatoms. The summed E-state index contributed by atoms with van der Waals surface area (Å²) >= 11 is 1.52. The highest BCUT2D eigenvalue weighted by Gasteiger charge is 2.05. The topological polar surface area (TPSA) is 42.7 Å². The Morgan fingerprint density at radius 1 is 1.33 bits per heavy atom. The van der Waals surface area contributed by atoms with Gasteiger partial charge in [-0.1, -0.05) is 12.1 Å². The maximum absolute atomic E-state index is 4.41. The van der Waals surface area contributed by atoms with Gasteiger partial charge in [-0.15, -0.1) is 0 Å². The molecule has 0 saturated carbocycles. The SMILES string of the molecule is Cn1ccnc1CCNc1snc2ccccc12. The molecule has 4 nitrogen and oxygen atoms in total. The predicted molar refractivity (Wildman–Crippen MR) is 75.0 cm³/mol. The van der Waals surface area contributed by atoms with Crippen molar-refractivity contribution in [3.8, 4) is 0 Å². The van der Waals surface area contributed by atoms with E-state index in [9.17, 15) is 0 Å². The number of rotatable bonds is 4. The number of aryl methyl sites for hydroxylation is 1. The highest BCUT2D eigenvalue weighted by Crippen LogP contribution is 2.26. The summed E-state index contributed by atoms with van der Waals surface area (Å²) in [4.78, 5) is 4.31. The first-order valence-corrected chi connectivity index (χ1v) is 6.66. The molecule has 0 bridgehead atoms. The summed E-state index contributed by atoms with van der Waals surface area (Å²) in [7, 11) is 2.02. The minimum atomic E-state index is 0.872. The average Bonchev–Trinajstić information content (AvgIpc) is 2.97. The van der Waals surface area contributed by atoms with Gasteiger partial charge in [-0.2, -0.15) is 4.37 Å². The third-order valence-electron chi connectivity index (χ3n) is 2.94. The molecule has 0 fully saturated rings. The Kier molecular flexibility index (Phi) is 2.98. The van der Waals surface area contributed by atoms with Gasteiger partial charge in [0.05, 0.1) is 5.52 Å². The van der Waals surface area contributed by atoms with Crippen LogP contribution in [0.25, 0.3) is 10.9 Å². The highest BCUT2D eigenvalue weighted by atomic mass is 32.1. The second kappa shape index (κ2) is 4.78. The first-order chi connectivity index (χ1) is 8.84. The molecule has 0 aliphatic heterocycles. The summed E-state index contributed by atoms with van der Waals surface area (Å²) in [6.07, 6.45) is 4.71. The van der Waals surface area contributed by atoms with Gasteiger partial charge >= 0.3 is 0 Å². The fourth-order valence-corrected chi connectivity index (χ4v) is 2.73. The van der Waals surface area contributed by atoms with Crippen molar-refractivity contribution in [1.29, 1.82) is 0 Å². The van der Waals surface area contributed by atoms with Crippen molar-refractivity contribution in [1.82, 2.24) is 13.9 Å². The fraction of sp³-hybridized carbons (Fsp3) is 0.231. The number of nitrogens with zero attached hydrogens (tertiary/aromatic N) is 3. The quantitative estimate of drug-likeness (QED) is 0.782. The van der Waals surface area contributed by atoms with Gasteiger partial charge in [0.2, 0.25) is 0 Å². The van der Waals surface area contributed by atoms with Crippen molar-refractivity contribution in [3.63, 3.8) is 0 Å². The van der Waals surface area contributed by atoms with Crippen LogP contribution in [0, 0.1) is 0 Å². The van der Waals surface area contributed by atoms with E-state index in [1.54, 1.807) is 0 Å². The van der Waals surface area contributed by atoms with Gasteiger partial charge in [-0.05, 0) is 23.7 Å². The van der Waals surface area contributed by atoms with Crippen LogP contribution in [-0.4, -0.2) is 20.5 Å². The van der Waals surface area contributed by atoms with Crippen molar-refractivity contribution in [2.45, 2.75) is 6.42 Å². The second-order valence-corrected chi connectivity index (χ2v) is 4.93. The monoisotopic (exact) mass is 258 g/mol. The van der Waals surface area contributed by atoms with Crippen LogP contribution in [-0.2, 0) is 13.5 Å². The number of fused-ring (bicyclic) bond motifs is 1. The Hall–Kier alpha value is -1.88. The number of hydrogen-bond acceptors (Lipinski definition) is 4. The Balaban J connectivity index is 1.68. The lowest BCUT2D eigenvalue weighted by Gasteiger charge is -2.04. The number of benzene rings is 1. The summed E-state index contributed by atoms with van der Waals surface area (Å²) < 4.78 is 6.46. The Morgan fingerprint density at radius 3 is 3.06 bits per heavy atom. The zero-order valence-electron chi connectivity index (χ0n) is 10.1. The lowest BCUT2D eigenvalue weighted by Crippen LogP contribution is -2.07. The highest BCUT2D eigenvalue weighted by molar-refractivity contribution is 7.11. The van der Waals surface area contributed by atoms with Crippen LogP contribution in [0.3, 0.4) is 0 Å². The first kappa shape index (κ1) is 11.2. The predicted octanol–water partition coefficient (Wildman–Crippen LogP) is 2.68. The van der Waals surface area contributed by atoms with E-state index in [0.717, 1.165) is 29.3 Å². The van der Waals surface area contributed by atoms with Crippen LogP contribution < -0.4 is 5.32 Å². The van der Waals surface area contributed by atoms with Crippen molar-refractivity contribution < 1.29 is 0 Å². The molecule has 0 atom stereocenters. The molecule has 92 valence electrons. The average molecular weight is 258 g/mol. The summed E-state index contributed by atoms with van der Waals surface area (Å²) in [5.41, 5.74) is 1.06. The van der Waals surface area contributed by atoms with Gasteiger partial charge in [0.15, 0.2) is 0 Å². The molecule has 0 aliphatic rings. The van der Waals surface area contributed by atoms with Crippen LogP contribution >= 0.6 is 11.5 Å². The molecule has 0 saturated heterocycles. The van der Waals surface area contributed by atoms with Gasteiger partial charge in [-0.25, -0.2) is 4.98 Å². The number of nitrogens with one attached hydrogen (secondary N) is 1. The third-order valence-corrected chi connectivity index (χ3v) is 3.77. The Morgan fingerprint density at radius 2 is 2.22 bits per heavy atom. The molecule has 3 rings (SSSR count). The van der Waals surface area contributed by atoms with Gasteiger partial charge in [-0.3, -0.25) is 0 Å². The van der Waals surface area contributed by atoms with E-state index in [1.165, 1.54) is 16.9 Å². The summed E-state index contributed by atoms with van der Waals surface area (Å²) in [6, 6.07) is 8.19. The van der Waals surface area contributed by atoms with Crippen molar-refractivity contribution >= 4 is 27.4 Å². The van der Waals surface area contributed by atoms with E-state index < -0.39 is 0 Å². The van der Waals surface area contributed by atoms with E-state index >= 15 is 0 Å². The number of aromatic nitrogens is 3. The zero-order chi connectivity index (χ0) is 12.4. The molecule has 0 aliphatic carbocycles. The molecule has 2 heterocycles. The van der Waals surface area contributed by atoms with E-state index in [0.29, 0.717) is 0 Å². The molecule has 0 unspecified atom stereocenters. The minimum absolute atomic E-state index is 0.872. The van der Waals surface area contributed by atoms with E-state index in [1.807, 2.05) is 42.2 Å². The molecule has 1 aromatic carbocycles. The van der Waals surface area contributed by atoms with Crippen molar-refractivity contribution in [2.75, 3.05) is 11.9 Å². The maximum atomic E-state index is 4.41. The molecule has 0 amide bonds. The molecule has 0 spiro atoms. The van der Waals surface area contributed by atoms with Crippen molar-refractivity contribution in [3.05, 3.63) is 42.5 Å². The minimum Gasteiger partial charge on any atom is -0.375 e. The van der Waals surface area contributed by atoms with Gasteiger partial charge in [0, 0.05) is 37.8 Å². The second-order valence-electron chi connectivity index (χ2n) is 4.16. The molecule has 3 aromatic rings. The summed E-state index contributed by atoms with van der Waals surface area (Å²) in [5.74, 6) is 1.09. The summed E-state index contributed by atoms with van der Waals surface area (Å²) in [6.45, 7) is 0.872. The molecular weight excluding hydrogens is 244 g/mol. The lowest BCUT2D eigenvalue weighted by atomic mass is 10.2. The molecule has 1 N–H and O–H groups in total. The summed E-state index contributed by atoms with van der Waals surface area (Å²) in [5, 5.41) is 5.77. The first-order valence-electron chi connectivity index (χ1n) is 5.89. The number of hydrogen-bond donors (Lipinski definition) is 1. The molecule has 18 heavy (non-hydrogen) atoms. The van der Waals surface area contributed by atoms with E-state index in [-0.39, 0.29) is 0 Å². The smallest absolute Gasteiger partial charge is 0.117 e. The van der Waals surface area contributed by atoms with E-state index in [2.05, 4.69) is 20.7 Å². The lowest BCUT2D eigenvalue weighted by molar-refractivity contribution is 0.790.